The second kappa shape index (κ2) is 7.63. The number of nitrogens with one attached hydrogen (secondary N) is 1. The van der Waals surface area contributed by atoms with Crippen molar-refractivity contribution in [1.82, 2.24) is 9.99 Å². The Balaban J connectivity index is 1.92. The lowest BCUT2D eigenvalue weighted by Crippen LogP contribution is -2.19. The number of nitrogens with zero attached hydrogens (tertiary/aromatic N) is 2. The fourth-order valence-corrected chi connectivity index (χ4v) is 2.43. The van der Waals surface area contributed by atoms with Gasteiger partial charge in [-0.1, -0.05) is 12.1 Å². The van der Waals surface area contributed by atoms with Gasteiger partial charge < -0.3 is 9.30 Å². The lowest BCUT2D eigenvalue weighted by Gasteiger charge is -2.08. The average molecular weight is 313 g/mol. The van der Waals surface area contributed by atoms with E-state index in [9.17, 15) is 4.79 Å². The number of ether oxygens (including phenoxy) is 1. The van der Waals surface area contributed by atoms with Gasteiger partial charge in [-0.05, 0) is 44.5 Å². The fraction of sp³-hybridized carbons (Fsp3) is 0.333. The van der Waals surface area contributed by atoms with Crippen LogP contribution in [0.25, 0.3) is 0 Å². The Hall–Kier alpha value is -2.56. The lowest BCUT2D eigenvalue weighted by atomic mass is 10.1. The molecule has 23 heavy (non-hydrogen) atoms. The van der Waals surface area contributed by atoms with Gasteiger partial charge in [-0.3, -0.25) is 4.79 Å². The summed E-state index contributed by atoms with van der Waals surface area (Å²) < 4.78 is 7.31. The van der Waals surface area contributed by atoms with Crippen LogP contribution in [0.2, 0.25) is 0 Å². The van der Waals surface area contributed by atoms with Crippen molar-refractivity contribution < 1.29 is 9.53 Å². The van der Waals surface area contributed by atoms with Gasteiger partial charge in [0.15, 0.2) is 0 Å². The molecule has 1 amide bonds. The van der Waals surface area contributed by atoms with Crippen molar-refractivity contribution in [1.29, 1.82) is 0 Å². The highest BCUT2D eigenvalue weighted by atomic mass is 16.5. The zero-order valence-electron chi connectivity index (χ0n) is 14.0. The number of hydrogen-bond donors (Lipinski definition) is 1. The van der Waals surface area contributed by atoms with Crippen LogP contribution in [0.15, 0.2) is 41.6 Å². The molecule has 0 bridgehead atoms. The van der Waals surface area contributed by atoms with Crippen LogP contribution in [0.3, 0.4) is 0 Å². The number of aryl methyl sites for hydroxylation is 1. The highest BCUT2D eigenvalue weighted by Gasteiger charge is 2.05. The molecule has 0 atom stereocenters. The van der Waals surface area contributed by atoms with Crippen LogP contribution in [0.4, 0.5) is 0 Å². The number of hydrogen-bond acceptors (Lipinski definition) is 3. The number of benzene rings is 1. The first-order valence-corrected chi connectivity index (χ1v) is 7.63. The SMILES string of the molecule is COc1cccc(CC(=O)N/N=C/c2cc(C)n(C(C)C)c2)c1. The number of carbonyl (C=O) groups is 1. The molecule has 0 radical (unpaired) electrons. The Labute approximate surface area is 137 Å². The molecular weight excluding hydrogens is 290 g/mol. The highest BCUT2D eigenvalue weighted by Crippen LogP contribution is 2.13. The molecule has 2 rings (SSSR count). The van der Waals surface area contributed by atoms with Crippen molar-refractivity contribution in [2.24, 2.45) is 5.10 Å². The van der Waals surface area contributed by atoms with Gasteiger partial charge in [0.2, 0.25) is 5.91 Å². The number of methoxy groups -OCH3 is 1. The van der Waals surface area contributed by atoms with E-state index in [0.717, 1.165) is 16.9 Å². The van der Waals surface area contributed by atoms with Crippen molar-refractivity contribution in [2.45, 2.75) is 33.2 Å². The molecule has 122 valence electrons. The van der Waals surface area contributed by atoms with Crippen molar-refractivity contribution in [3.63, 3.8) is 0 Å². The van der Waals surface area contributed by atoms with Crippen LogP contribution in [-0.4, -0.2) is 23.8 Å². The van der Waals surface area contributed by atoms with E-state index >= 15 is 0 Å². The summed E-state index contributed by atoms with van der Waals surface area (Å²) in [7, 11) is 1.61. The van der Waals surface area contributed by atoms with Gasteiger partial charge in [0.05, 0.1) is 19.7 Å². The molecule has 1 aromatic carbocycles. The van der Waals surface area contributed by atoms with Crippen LogP contribution >= 0.6 is 0 Å². The predicted molar refractivity (Wildman–Crippen MR) is 92.0 cm³/mol. The number of rotatable bonds is 6. The zero-order valence-corrected chi connectivity index (χ0v) is 14.0. The van der Waals surface area contributed by atoms with E-state index in [1.165, 1.54) is 5.69 Å². The number of aromatic nitrogens is 1. The summed E-state index contributed by atoms with van der Waals surface area (Å²) in [5.41, 5.74) is 5.58. The van der Waals surface area contributed by atoms with E-state index in [4.69, 9.17) is 4.74 Å². The molecule has 0 saturated carbocycles. The van der Waals surface area contributed by atoms with Gasteiger partial charge in [0.1, 0.15) is 5.75 Å². The molecule has 2 aromatic rings. The standard InChI is InChI=1S/C18H23N3O2/c1-13(2)21-12-16(8-14(21)3)11-19-20-18(22)10-15-6-5-7-17(9-15)23-4/h5-9,11-13H,10H2,1-4H3,(H,20,22)/b19-11+. The summed E-state index contributed by atoms with van der Waals surface area (Å²) >= 11 is 0. The Morgan fingerprint density at radius 2 is 2.17 bits per heavy atom. The predicted octanol–water partition coefficient (Wildman–Crippen LogP) is 3.08. The molecular formula is C18H23N3O2. The van der Waals surface area contributed by atoms with Crippen LogP contribution < -0.4 is 10.2 Å². The Morgan fingerprint density at radius 3 is 2.83 bits per heavy atom. The monoisotopic (exact) mass is 313 g/mol. The highest BCUT2D eigenvalue weighted by molar-refractivity contribution is 5.83. The van der Waals surface area contributed by atoms with E-state index in [-0.39, 0.29) is 12.3 Å². The molecule has 0 aliphatic carbocycles. The minimum absolute atomic E-state index is 0.158. The smallest absolute Gasteiger partial charge is 0.244 e. The van der Waals surface area contributed by atoms with E-state index in [1.807, 2.05) is 36.5 Å². The molecule has 5 heteroatoms. The third-order valence-electron chi connectivity index (χ3n) is 3.53. The quantitative estimate of drug-likeness (QED) is 0.658. The van der Waals surface area contributed by atoms with E-state index in [0.29, 0.717) is 6.04 Å². The molecule has 0 saturated heterocycles. The maximum atomic E-state index is 11.9. The van der Waals surface area contributed by atoms with E-state index < -0.39 is 0 Å². The molecule has 1 aromatic heterocycles. The molecule has 1 heterocycles. The minimum Gasteiger partial charge on any atom is -0.497 e. The fourth-order valence-electron chi connectivity index (χ4n) is 2.43. The molecule has 0 aliphatic heterocycles. The Kier molecular flexibility index (Phi) is 5.57. The van der Waals surface area contributed by atoms with Crippen molar-refractivity contribution in [2.75, 3.05) is 7.11 Å². The molecule has 0 fully saturated rings. The third-order valence-corrected chi connectivity index (χ3v) is 3.53. The largest absolute Gasteiger partial charge is 0.497 e. The van der Waals surface area contributed by atoms with Gasteiger partial charge in [-0.25, -0.2) is 5.43 Å². The molecule has 5 nitrogen and oxygen atoms in total. The van der Waals surface area contributed by atoms with Crippen LogP contribution in [0.1, 0.15) is 36.7 Å². The van der Waals surface area contributed by atoms with E-state index in [2.05, 4.69) is 35.9 Å². The summed E-state index contributed by atoms with van der Waals surface area (Å²) in [6.45, 7) is 6.31. The summed E-state index contributed by atoms with van der Waals surface area (Å²) in [5.74, 6) is 0.582. The van der Waals surface area contributed by atoms with Crippen LogP contribution in [-0.2, 0) is 11.2 Å². The summed E-state index contributed by atoms with van der Waals surface area (Å²) in [5, 5.41) is 4.02. The maximum absolute atomic E-state index is 11.9. The van der Waals surface area contributed by atoms with Crippen molar-refractivity contribution in [3.8, 4) is 5.75 Å². The first kappa shape index (κ1) is 16.8. The van der Waals surface area contributed by atoms with Crippen molar-refractivity contribution >= 4 is 12.1 Å². The molecule has 1 N–H and O–H groups in total. The summed E-state index contributed by atoms with van der Waals surface area (Å²) in [6, 6.07) is 9.88. The number of hydrazone groups is 1. The summed E-state index contributed by atoms with van der Waals surface area (Å²) in [4.78, 5) is 11.9. The van der Waals surface area contributed by atoms with Gasteiger partial charge in [0.25, 0.3) is 0 Å². The van der Waals surface area contributed by atoms with Crippen LogP contribution in [0, 0.1) is 6.92 Å². The lowest BCUT2D eigenvalue weighted by molar-refractivity contribution is -0.120. The van der Waals surface area contributed by atoms with E-state index in [1.54, 1.807) is 13.3 Å². The topological polar surface area (TPSA) is 55.6 Å². The normalized spacial score (nSPS) is 11.2. The Morgan fingerprint density at radius 1 is 1.39 bits per heavy atom. The van der Waals surface area contributed by atoms with Gasteiger partial charge in [-0.2, -0.15) is 5.10 Å². The average Bonchev–Trinajstić information content (AvgIpc) is 2.88. The number of carbonyl (C=O) groups excluding carboxylic acids is 1. The maximum Gasteiger partial charge on any atom is 0.244 e. The molecule has 0 aliphatic rings. The van der Waals surface area contributed by atoms with Crippen LogP contribution in [0.5, 0.6) is 5.75 Å². The zero-order chi connectivity index (χ0) is 16.8. The second-order valence-electron chi connectivity index (χ2n) is 5.74. The Bertz CT molecular complexity index is 702. The van der Waals surface area contributed by atoms with Gasteiger partial charge in [-0.15, -0.1) is 0 Å². The van der Waals surface area contributed by atoms with Gasteiger partial charge >= 0.3 is 0 Å². The third kappa shape index (κ3) is 4.71. The molecule has 0 unspecified atom stereocenters. The minimum atomic E-state index is -0.158. The first-order valence-electron chi connectivity index (χ1n) is 7.63. The van der Waals surface area contributed by atoms with Crippen molar-refractivity contribution in [3.05, 3.63) is 53.3 Å². The first-order chi connectivity index (χ1) is 11.0. The second-order valence-corrected chi connectivity index (χ2v) is 5.74. The number of amides is 1. The summed E-state index contributed by atoms with van der Waals surface area (Å²) in [6.07, 6.45) is 3.95. The molecule has 0 spiro atoms. The van der Waals surface area contributed by atoms with Gasteiger partial charge in [0, 0.05) is 23.5 Å².